The minimum atomic E-state index is -0.0522. The number of hydrogen-bond acceptors (Lipinski definition) is 3. The standard InChI is InChI=1S/C15H22N2O2/c1-11(2)12-4-3-5-14(8-12)19-10-15(18)17-13-6-7-16-9-13/h3-5,8,11,13,16H,6-7,9-10H2,1-2H3,(H,17,18). The van der Waals surface area contributed by atoms with Crippen LogP contribution in [-0.2, 0) is 4.79 Å². The zero-order valence-electron chi connectivity index (χ0n) is 11.6. The molecule has 1 heterocycles. The summed E-state index contributed by atoms with van der Waals surface area (Å²) in [5.74, 6) is 1.16. The van der Waals surface area contributed by atoms with Crippen molar-refractivity contribution in [2.75, 3.05) is 19.7 Å². The van der Waals surface area contributed by atoms with Crippen LogP contribution in [0.25, 0.3) is 0 Å². The minimum absolute atomic E-state index is 0.0522. The van der Waals surface area contributed by atoms with Gasteiger partial charge in [0.1, 0.15) is 5.75 Å². The van der Waals surface area contributed by atoms with E-state index < -0.39 is 0 Å². The van der Waals surface area contributed by atoms with Gasteiger partial charge in [-0.1, -0.05) is 26.0 Å². The average molecular weight is 262 g/mol. The molecule has 0 aromatic heterocycles. The van der Waals surface area contributed by atoms with E-state index >= 15 is 0 Å². The van der Waals surface area contributed by atoms with Crippen molar-refractivity contribution < 1.29 is 9.53 Å². The van der Waals surface area contributed by atoms with Crippen LogP contribution < -0.4 is 15.4 Å². The van der Waals surface area contributed by atoms with Crippen molar-refractivity contribution in [3.63, 3.8) is 0 Å². The molecule has 1 amide bonds. The zero-order chi connectivity index (χ0) is 13.7. The van der Waals surface area contributed by atoms with Gasteiger partial charge in [0, 0.05) is 12.6 Å². The van der Waals surface area contributed by atoms with Gasteiger partial charge in [0.2, 0.25) is 0 Å². The highest BCUT2D eigenvalue weighted by Gasteiger charge is 2.16. The number of ether oxygens (including phenoxy) is 1. The maximum Gasteiger partial charge on any atom is 0.258 e. The summed E-state index contributed by atoms with van der Waals surface area (Å²) in [6.45, 7) is 6.19. The summed E-state index contributed by atoms with van der Waals surface area (Å²) in [5, 5.41) is 6.18. The molecule has 0 aliphatic carbocycles. The Balaban J connectivity index is 1.80. The van der Waals surface area contributed by atoms with E-state index in [1.54, 1.807) is 0 Å². The highest BCUT2D eigenvalue weighted by atomic mass is 16.5. The smallest absolute Gasteiger partial charge is 0.258 e. The van der Waals surface area contributed by atoms with Gasteiger partial charge in [-0.2, -0.15) is 0 Å². The summed E-state index contributed by atoms with van der Waals surface area (Å²) in [4.78, 5) is 11.7. The van der Waals surface area contributed by atoms with Crippen LogP contribution in [0.4, 0.5) is 0 Å². The second kappa shape index (κ2) is 6.57. The van der Waals surface area contributed by atoms with Crippen molar-refractivity contribution in [3.8, 4) is 5.75 Å². The summed E-state index contributed by atoms with van der Waals surface area (Å²) in [7, 11) is 0. The molecule has 1 saturated heterocycles. The first kappa shape index (κ1) is 13.9. The number of hydrogen-bond donors (Lipinski definition) is 2. The number of benzene rings is 1. The number of rotatable bonds is 5. The molecule has 104 valence electrons. The molecule has 0 spiro atoms. The largest absolute Gasteiger partial charge is 0.484 e. The maximum atomic E-state index is 11.7. The van der Waals surface area contributed by atoms with Gasteiger partial charge in [-0.25, -0.2) is 0 Å². The lowest BCUT2D eigenvalue weighted by Crippen LogP contribution is -2.39. The van der Waals surface area contributed by atoms with Crippen molar-refractivity contribution in [3.05, 3.63) is 29.8 Å². The molecule has 1 atom stereocenters. The Morgan fingerprint density at radius 3 is 3.05 bits per heavy atom. The van der Waals surface area contributed by atoms with Crippen molar-refractivity contribution in [1.82, 2.24) is 10.6 Å². The summed E-state index contributed by atoms with van der Waals surface area (Å²) in [6, 6.07) is 8.16. The third-order valence-corrected chi connectivity index (χ3v) is 3.32. The van der Waals surface area contributed by atoms with E-state index in [0.29, 0.717) is 5.92 Å². The highest BCUT2D eigenvalue weighted by molar-refractivity contribution is 5.77. The molecule has 2 N–H and O–H groups in total. The van der Waals surface area contributed by atoms with Crippen LogP contribution in [-0.4, -0.2) is 31.6 Å². The molecule has 19 heavy (non-hydrogen) atoms. The predicted octanol–water partition coefficient (Wildman–Crippen LogP) is 1.67. The first-order valence-electron chi connectivity index (χ1n) is 6.88. The molecule has 4 heteroatoms. The lowest BCUT2D eigenvalue weighted by molar-refractivity contribution is -0.123. The quantitative estimate of drug-likeness (QED) is 0.848. The Labute approximate surface area is 114 Å². The lowest BCUT2D eigenvalue weighted by Gasteiger charge is -2.13. The Morgan fingerprint density at radius 2 is 2.37 bits per heavy atom. The van der Waals surface area contributed by atoms with Gasteiger partial charge < -0.3 is 15.4 Å². The van der Waals surface area contributed by atoms with Gasteiger partial charge in [0.25, 0.3) is 5.91 Å². The highest BCUT2D eigenvalue weighted by Crippen LogP contribution is 2.19. The van der Waals surface area contributed by atoms with E-state index in [-0.39, 0.29) is 18.6 Å². The van der Waals surface area contributed by atoms with E-state index in [1.807, 2.05) is 18.2 Å². The summed E-state index contributed by atoms with van der Waals surface area (Å²) >= 11 is 0. The lowest BCUT2D eigenvalue weighted by atomic mass is 10.0. The third-order valence-electron chi connectivity index (χ3n) is 3.32. The van der Waals surface area contributed by atoms with Gasteiger partial charge in [-0.05, 0) is 36.6 Å². The molecule has 1 unspecified atom stereocenters. The molecule has 1 aliphatic rings. The second-order valence-electron chi connectivity index (χ2n) is 5.27. The second-order valence-corrected chi connectivity index (χ2v) is 5.27. The molecule has 0 bridgehead atoms. The normalized spacial score (nSPS) is 18.6. The summed E-state index contributed by atoms with van der Waals surface area (Å²) < 4.78 is 5.54. The molecule has 4 nitrogen and oxygen atoms in total. The monoisotopic (exact) mass is 262 g/mol. The molecular formula is C15H22N2O2. The van der Waals surface area contributed by atoms with Crippen molar-refractivity contribution in [1.29, 1.82) is 0 Å². The fourth-order valence-corrected chi connectivity index (χ4v) is 2.16. The molecule has 0 radical (unpaired) electrons. The van der Waals surface area contributed by atoms with Crippen LogP contribution in [0.5, 0.6) is 5.75 Å². The minimum Gasteiger partial charge on any atom is -0.484 e. The molecule has 1 fully saturated rings. The average Bonchev–Trinajstić information content (AvgIpc) is 2.89. The van der Waals surface area contributed by atoms with Crippen LogP contribution >= 0.6 is 0 Å². The number of nitrogens with one attached hydrogen (secondary N) is 2. The van der Waals surface area contributed by atoms with Gasteiger partial charge in [0.15, 0.2) is 6.61 Å². The first-order valence-corrected chi connectivity index (χ1v) is 6.88. The molecule has 1 aliphatic heterocycles. The fourth-order valence-electron chi connectivity index (χ4n) is 2.16. The Bertz CT molecular complexity index is 426. The Hall–Kier alpha value is -1.55. The van der Waals surface area contributed by atoms with Crippen molar-refractivity contribution >= 4 is 5.91 Å². The zero-order valence-corrected chi connectivity index (χ0v) is 11.6. The van der Waals surface area contributed by atoms with Crippen LogP contribution in [0.2, 0.25) is 0 Å². The number of carbonyl (C=O) groups excluding carboxylic acids is 1. The number of amides is 1. The van der Waals surface area contributed by atoms with Gasteiger partial charge in [0.05, 0.1) is 0 Å². The van der Waals surface area contributed by atoms with Crippen LogP contribution in [0.15, 0.2) is 24.3 Å². The van der Waals surface area contributed by atoms with Gasteiger partial charge >= 0.3 is 0 Å². The van der Waals surface area contributed by atoms with Crippen molar-refractivity contribution in [2.24, 2.45) is 0 Å². The van der Waals surface area contributed by atoms with Gasteiger partial charge in [-0.3, -0.25) is 4.79 Å². The fraction of sp³-hybridized carbons (Fsp3) is 0.533. The van der Waals surface area contributed by atoms with E-state index in [4.69, 9.17) is 4.74 Å². The summed E-state index contributed by atoms with van der Waals surface area (Å²) in [5.41, 5.74) is 1.22. The van der Waals surface area contributed by atoms with Crippen LogP contribution in [0.1, 0.15) is 31.7 Å². The van der Waals surface area contributed by atoms with Crippen molar-refractivity contribution in [2.45, 2.75) is 32.2 Å². The van der Waals surface area contributed by atoms with E-state index in [9.17, 15) is 4.79 Å². The van der Waals surface area contributed by atoms with Crippen LogP contribution in [0.3, 0.4) is 0 Å². The molecule has 0 saturated carbocycles. The Morgan fingerprint density at radius 1 is 1.53 bits per heavy atom. The number of carbonyl (C=O) groups is 1. The Kier molecular flexibility index (Phi) is 4.80. The predicted molar refractivity (Wildman–Crippen MR) is 75.4 cm³/mol. The third kappa shape index (κ3) is 4.24. The first-order chi connectivity index (χ1) is 9.15. The topological polar surface area (TPSA) is 50.4 Å². The molecule has 1 aromatic rings. The SMILES string of the molecule is CC(C)c1cccc(OCC(=O)NC2CCNC2)c1. The van der Waals surface area contributed by atoms with E-state index in [0.717, 1.165) is 25.3 Å². The van der Waals surface area contributed by atoms with Crippen LogP contribution in [0, 0.1) is 0 Å². The maximum absolute atomic E-state index is 11.7. The molecule has 2 rings (SSSR count). The molecular weight excluding hydrogens is 240 g/mol. The van der Waals surface area contributed by atoms with E-state index in [1.165, 1.54) is 5.56 Å². The molecule has 1 aromatic carbocycles. The van der Waals surface area contributed by atoms with E-state index in [2.05, 4.69) is 30.5 Å². The van der Waals surface area contributed by atoms with Gasteiger partial charge in [-0.15, -0.1) is 0 Å². The summed E-state index contributed by atoms with van der Waals surface area (Å²) in [6.07, 6.45) is 0.995.